The highest BCUT2D eigenvalue weighted by molar-refractivity contribution is 9.11. The molecule has 0 aromatic heterocycles. The molecule has 0 spiro atoms. The predicted octanol–water partition coefficient (Wildman–Crippen LogP) is 5.09. The number of carboxylic acid groups (broad SMARTS) is 2. The van der Waals surface area contributed by atoms with E-state index >= 15 is 0 Å². The monoisotopic (exact) mass is 502 g/mol. The number of benzene rings is 2. The minimum atomic E-state index is -1.23. The van der Waals surface area contributed by atoms with Gasteiger partial charge in [0.25, 0.3) is 0 Å². The van der Waals surface area contributed by atoms with Crippen molar-refractivity contribution < 1.29 is 19.8 Å². The van der Waals surface area contributed by atoms with Crippen molar-refractivity contribution in [2.45, 2.75) is 0 Å². The van der Waals surface area contributed by atoms with Crippen LogP contribution in [0, 0.1) is 0 Å². The van der Waals surface area contributed by atoms with E-state index in [2.05, 4.69) is 41.8 Å². The van der Waals surface area contributed by atoms with Crippen LogP contribution in [0.4, 0.5) is 11.4 Å². The van der Waals surface area contributed by atoms with Gasteiger partial charge in [-0.25, -0.2) is 19.6 Å². The first-order valence-electron chi connectivity index (χ1n) is 7.94. The van der Waals surface area contributed by atoms with Gasteiger partial charge in [0.2, 0.25) is 0 Å². The van der Waals surface area contributed by atoms with Crippen LogP contribution in [0.1, 0.15) is 0 Å². The summed E-state index contributed by atoms with van der Waals surface area (Å²) in [6, 6.07) is 14.0. The fraction of sp³-hybridized carbons (Fsp3) is 0. The molecule has 0 amide bonds. The predicted molar refractivity (Wildman–Crippen MR) is 114 cm³/mol. The molecule has 0 atom stereocenters. The van der Waals surface area contributed by atoms with E-state index in [0.717, 1.165) is 0 Å². The second-order valence-electron chi connectivity index (χ2n) is 5.62. The first kappa shape index (κ1) is 19.9. The number of nitrogens with zero attached hydrogens (tertiary/aromatic N) is 2. The Kier molecular flexibility index (Phi) is 6.01. The Bertz CT molecular complexity index is 1010. The number of hydrogen-bond acceptors (Lipinski definition) is 4. The topological polar surface area (TPSA) is 99.3 Å². The zero-order valence-corrected chi connectivity index (χ0v) is 17.3. The van der Waals surface area contributed by atoms with Crippen molar-refractivity contribution in [2.75, 3.05) is 0 Å². The van der Waals surface area contributed by atoms with Crippen LogP contribution < -0.4 is 0 Å². The number of allylic oxidation sites excluding steroid dienone is 2. The van der Waals surface area contributed by atoms with Crippen molar-refractivity contribution in [1.82, 2.24) is 0 Å². The van der Waals surface area contributed by atoms with E-state index in [1.807, 2.05) is 0 Å². The number of aliphatic carboxylic acids is 2. The summed E-state index contributed by atoms with van der Waals surface area (Å²) in [5, 5.41) is 19.2. The Hall–Kier alpha value is -2.84. The Morgan fingerprint density at radius 2 is 1.04 bits per heavy atom. The summed E-state index contributed by atoms with van der Waals surface area (Å²) in [4.78, 5) is 32.2. The maximum Gasteiger partial charge on any atom is 0.337 e. The molecule has 2 N–H and O–H groups in total. The lowest BCUT2D eigenvalue weighted by Crippen LogP contribution is -2.22. The minimum absolute atomic E-state index is 0.0304. The van der Waals surface area contributed by atoms with Gasteiger partial charge in [0.1, 0.15) is 0 Å². The van der Waals surface area contributed by atoms with Gasteiger partial charge in [-0.3, -0.25) is 0 Å². The van der Waals surface area contributed by atoms with Crippen LogP contribution in [0.25, 0.3) is 0 Å². The molecule has 140 valence electrons. The normalized spacial score (nSPS) is 16.6. The quantitative estimate of drug-likeness (QED) is 0.567. The van der Waals surface area contributed by atoms with Crippen LogP contribution in [0.3, 0.4) is 0 Å². The highest BCUT2D eigenvalue weighted by atomic mass is 79.9. The summed E-state index contributed by atoms with van der Waals surface area (Å²) in [6.07, 6.45) is 2.45. The zero-order chi connectivity index (χ0) is 20.3. The van der Waals surface area contributed by atoms with Crippen molar-refractivity contribution in [3.05, 3.63) is 80.8 Å². The number of carbonyl (C=O) groups is 2. The van der Waals surface area contributed by atoms with E-state index in [4.69, 9.17) is 0 Å². The average Bonchev–Trinajstić information content (AvgIpc) is 2.65. The Balaban J connectivity index is 2.18. The number of rotatable bonds is 4. The second-order valence-corrected chi connectivity index (χ2v) is 7.33. The first-order valence-corrected chi connectivity index (χ1v) is 9.52. The van der Waals surface area contributed by atoms with Crippen LogP contribution in [0.15, 0.2) is 90.8 Å². The third-order valence-corrected chi connectivity index (χ3v) is 5.10. The van der Waals surface area contributed by atoms with Gasteiger partial charge < -0.3 is 10.2 Å². The molecule has 8 heteroatoms. The first-order chi connectivity index (χ1) is 13.4. The molecule has 0 unspecified atom stereocenters. The van der Waals surface area contributed by atoms with E-state index in [9.17, 15) is 19.8 Å². The van der Waals surface area contributed by atoms with Gasteiger partial charge in [0.15, 0.2) is 0 Å². The molecule has 1 aliphatic rings. The van der Waals surface area contributed by atoms with Crippen molar-refractivity contribution in [1.29, 1.82) is 0 Å². The fourth-order valence-corrected chi connectivity index (χ4v) is 3.20. The molecule has 0 saturated carbocycles. The smallest absolute Gasteiger partial charge is 0.337 e. The molecule has 1 aliphatic carbocycles. The lowest BCUT2D eigenvalue weighted by molar-refractivity contribution is -0.133. The largest absolute Gasteiger partial charge is 0.478 e. The molecule has 0 heterocycles. The van der Waals surface area contributed by atoms with Crippen LogP contribution in [0.2, 0.25) is 0 Å². The van der Waals surface area contributed by atoms with E-state index in [1.165, 1.54) is 12.2 Å². The third kappa shape index (κ3) is 4.35. The van der Waals surface area contributed by atoms with E-state index in [-0.39, 0.29) is 22.6 Å². The molecule has 0 radical (unpaired) electrons. The second kappa shape index (κ2) is 8.45. The molecule has 0 fully saturated rings. The van der Waals surface area contributed by atoms with E-state index in [1.54, 1.807) is 48.5 Å². The number of aliphatic imine (C=N–C) groups is 2. The summed E-state index contributed by atoms with van der Waals surface area (Å²) >= 11 is 6.70. The van der Waals surface area contributed by atoms with Gasteiger partial charge in [-0.05, 0) is 68.3 Å². The molecule has 0 bridgehead atoms. The van der Waals surface area contributed by atoms with Crippen molar-refractivity contribution in [2.24, 2.45) is 9.98 Å². The van der Waals surface area contributed by atoms with Gasteiger partial charge in [-0.1, -0.05) is 24.3 Å². The van der Waals surface area contributed by atoms with Gasteiger partial charge in [0.05, 0.1) is 33.9 Å². The van der Waals surface area contributed by atoms with Crippen molar-refractivity contribution in [3.63, 3.8) is 0 Å². The zero-order valence-electron chi connectivity index (χ0n) is 14.1. The lowest BCUT2D eigenvalue weighted by atomic mass is 9.95. The van der Waals surface area contributed by atoms with Crippen molar-refractivity contribution >= 4 is 66.6 Å². The average molecular weight is 504 g/mol. The number of carboxylic acids is 2. The summed E-state index contributed by atoms with van der Waals surface area (Å²) in [6.45, 7) is 0. The Morgan fingerprint density at radius 1 is 0.679 bits per heavy atom. The molecule has 2 aromatic rings. The van der Waals surface area contributed by atoms with E-state index < -0.39 is 11.9 Å². The van der Waals surface area contributed by atoms with Crippen LogP contribution in [-0.2, 0) is 9.59 Å². The molecule has 0 aliphatic heterocycles. The number of halogens is 2. The highest BCUT2D eigenvalue weighted by Gasteiger charge is 2.26. The van der Waals surface area contributed by atoms with Gasteiger partial charge in [0, 0.05) is 8.95 Å². The van der Waals surface area contributed by atoms with Crippen LogP contribution >= 0.6 is 31.9 Å². The molecule has 3 rings (SSSR count). The number of para-hydroxylation sites is 2. The van der Waals surface area contributed by atoms with Gasteiger partial charge in [-0.2, -0.15) is 0 Å². The third-order valence-electron chi connectivity index (χ3n) is 3.76. The van der Waals surface area contributed by atoms with Crippen molar-refractivity contribution in [3.8, 4) is 0 Å². The fourth-order valence-electron chi connectivity index (χ4n) is 2.45. The molecule has 6 nitrogen and oxygen atoms in total. The molecule has 0 saturated heterocycles. The molecular weight excluding hydrogens is 492 g/mol. The van der Waals surface area contributed by atoms with Gasteiger partial charge >= 0.3 is 11.9 Å². The Labute approximate surface area is 176 Å². The summed E-state index contributed by atoms with van der Waals surface area (Å²) in [5.41, 5.74) is 0.734. The van der Waals surface area contributed by atoms with Crippen LogP contribution in [0.5, 0.6) is 0 Å². The summed E-state index contributed by atoms with van der Waals surface area (Å²) in [5.74, 6) is -2.46. The Morgan fingerprint density at radius 3 is 1.36 bits per heavy atom. The molecule has 2 aromatic carbocycles. The number of hydrogen-bond donors (Lipinski definition) is 2. The SMILES string of the molecule is O=C(O)C1=CC(=Nc2ccccc2Br)C(C(=O)O)=CC1=Nc1ccccc1Br. The maximum atomic E-state index is 11.8. The molecule has 28 heavy (non-hydrogen) atoms. The molecular formula is C20H12Br2N2O4. The summed E-state index contributed by atoms with van der Waals surface area (Å²) in [7, 11) is 0. The highest BCUT2D eigenvalue weighted by Crippen LogP contribution is 2.29. The van der Waals surface area contributed by atoms with Gasteiger partial charge in [-0.15, -0.1) is 0 Å². The maximum absolute atomic E-state index is 11.8. The van der Waals surface area contributed by atoms with Crippen LogP contribution in [-0.4, -0.2) is 33.6 Å². The summed E-state index contributed by atoms with van der Waals surface area (Å²) < 4.78 is 1.32. The lowest BCUT2D eigenvalue weighted by Gasteiger charge is -2.14. The standard InChI is InChI=1S/C20H12Br2N2O4/c21-13-5-1-3-7-15(13)23-17-9-12(20(27)28)18(10-11(17)19(25)26)24-16-8-4-2-6-14(16)22/h1-10H,(H,25,26)(H,27,28). The minimum Gasteiger partial charge on any atom is -0.478 e. The van der Waals surface area contributed by atoms with E-state index in [0.29, 0.717) is 20.3 Å².